The minimum Gasteiger partial charge on any atom is -0.507 e. The van der Waals surface area contributed by atoms with Gasteiger partial charge >= 0.3 is 0 Å². The zero-order chi connectivity index (χ0) is 27.5. The van der Waals surface area contributed by atoms with Crippen LogP contribution in [0.1, 0.15) is 64.3 Å². The molecule has 1 N–H and O–H groups in total. The number of nitrogens with zero attached hydrogens (tertiary/aromatic N) is 2. The molecule has 1 heterocycles. The van der Waals surface area contributed by atoms with Crippen LogP contribution < -0.4 is 9.47 Å². The van der Waals surface area contributed by atoms with Gasteiger partial charge in [-0.2, -0.15) is 0 Å². The molecule has 3 rings (SSSR count). The van der Waals surface area contributed by atoms with E-state index in [2.05, 4.69) is 20.8 Å². The quantitative estimate of drug-likeness (QED) is 0.287. The maximum atomic E-state index is 13.4. The molecule has 0 radical (unpaired) electrons. The highest BCUT2D eigenvalue weighted by Gasteiger charge is 2.46. The molecule has 1 aliphatic heterocycles. The Morgan fingerprint density at radius 1 is 1.11 bits per heavy atom. The lowest BCUT2D eigenvalue weighted by Crippen LogP contribution is -2.35. The van der Waals surface area contributed by atoms with Gasteiger partial charge in [0.25, 0.3) is 11.7 Å². The molecule has 1 unspecified atom stereocenters. The predicted molar refractivity (Wildman–Crippen MR) is 146 cm³/mol. The van der Waals surface area contributed by atoms with E-state index in [-0.39, 0.29) is 22.9 Å². The van der Waals surface area contributed by atoms with Crippen molar-refractivity contribution >= 4 is 17.4 Å². The molecule has 0 bridgehead atoms. The Bertz CT molecular complexity index is 1180. The molecular weight excluding hydrogens is 468 g/mol. The molecule has 7 nitrogen and oxygen atoms in total. The number of ether oxygens (including phenoxy) is 2. The summed E-state index contributed by atoms with van der Waals surface area (Å²) < 4.78 is 11.7. The predicted octanol–water partition coefficient (Wildman–Crippen LogP) is 5.15. The molecule has 2 aromatic rings. The number of benzene rings is 2. The first-order chi connectivity index (χ1) is 17.3. The molecule has 0 saturated carbocycles. The van der Waals surface area contributed by atoms with Crippen LogP contribution in [0.25, 0.3) is 5.76 Å². The summed E-state index contributed by atoms with van der Waals surface area (Å²) in [6.07, 6.45) is -0.0324. The van der Waals surface area contributed by atoms with Gasteiger partial charge in [0.15, 0.2) is 0 Å². The SMILES string of the molecule is CCOc1ccc(/C(O)=C2\C(=O)C(=O)N(CCN(C)C)C2c2cccc(OC(C)C)c2)cc1C(C)(C)C. The van der Waals surface area contributed by atoms with Gasteiger partial charge in [-0.25, -0.2) is 0 Å². The van der Waals surface area contributed by atoms with Gasteiger partial charge in [0, 0.05) is 24.2 Å². The van der Waals surface area contributed by atoms with Crippen LogP contribution in [0.5, 0.6) is 11.5 Å². The first-order valence-electron chi connectivity index (χ1n) is 12.8. The van der Waals surface area contributed by atoms with Gasteiger partial charge in [0.2, 0.25) is 0 Å². The zero-order valence-corrected chi connectivity index (χ0v) is 23.3. The van der Waals surface area contributed by atoms with Crippen LogP contribution in [-0.2, 0) is 15.0 Å². The van der Waals surface area contributed by atoms with Crippen LogP contribution in [0, 0.1) is 0 Å². The molecule has 1 amide bonds. The van der Waals surface area contributed by atoms with Gasteiger partial charge in [-0.15, -0.1) is 0 Å². The van der Waals surface area contributed by atoms with Crippen LogP contribution in [0.3, 0.4) is 0 Å². The van der Waals surface area contributed by atoms with E-state index in [1.807, 2.05) is 76.2 Å². The van der Waals surface area contributed by atoms with E-state index in [0.717, 1.165) is 11.3 Å². The molecule has 1 fully saturated rings. The Kier molecular flexibility index (Phi) is 8.69. The number of likely N-dealkylation sites (N-methyl/N-ethyl adjacent to an activating group) is 1. The van der Waals surface area contributed by atoms with Gasteiger partial charge in [-0.1, -0.05) is 32.9 Å². The number of ketones is 1. The molecule has 7 heteroatoms. The largest absolute Gasteiger partial charge is 0.507 e. The third kappa shape index (κ3) is 6.34. The van der Waals surface area contributed by atoms with Crippen molar-refractivity contribution in [3.8, 4) is 11.5 Å². The summed E-state index contributed by atoms with van der Waals surface area (Å²) in [4.78, 5) is 30.1. The van der Waals surface area contributed by atoms with E-state index < -0.39 is 17.7 Å². The molecule has 0 aromatic heterocycles. The maximum Gasteiger partial charge on any atom is 0.295 e. The lowest BCUT2D eigenvalue weighted by molar-refractivity contribution is -0.140. The lowest BCUT2D eigenvalue weighted by atomic mass is 9.84. The minimum absolute atomic E-state index is 0.0324. The monoisotopic (exact) mass is 508 g/mol. The third-order valence-electron chi connectivity index (χ3n) is 6.23. The second-order valence-corrected chi connectivity index (χ2v) is 10.9. The van der Waals surface area contributed by atoms with Crippen LogP contribution in [-0.4, -0.2) is 66.5 Å². The average Bonchev–Trinajstić information content (AvgIpc) is 3.06. The fraction of sp³-hybridized carbons (Fsp3) is 0.467. The number of carbonyl (C=O) groups is 2. The van der Waals surface area contributed by atoms with Crippen molar-refractivity contribution in [2.75, 3.05) is 33.8 Å². The van der Waals surface area contributed by atoms with Crippen molar-refractivity contribution in [3.63, 3.8) is 0 Å². The van der Waals surface area contributed by atoms with Crippen molar-refractivity contribution in [1.82, 2.24) is 9.80 Å². The molecule has 1 atom stereocenters. The van der Waals surface area contributed by atoms with Crippen LogP contribution in [0.15, 0.2) is 48.0 Å². The van der Waals surface area contributed by atoms with Gasteiger partial charge in [-0.3, -0.25) is 9.59 Å². The summed E-state index contributed by atoms with van der Waals surface area (Å²) in [5.41, 5.74) is 1.90. The maximum absolute atomic E-state index is 13.4. The highest BCUT2D eigenvalue weighted by Crippen LogP contribution is 2.41. The Labute approximate surface area is 220 Å². The van der Waals surface area contributed by atoms with Gasteiger partial charge in [0.05, 0.1) is 24.3 Å². The summed E-state index contributed by atoms with van der Waals surface area (Å²) in [6, 6.07) is 12.0. The number of amides is 1. The van der Waals surface area contributed by atoms with Crippen molar-refractivity contribution in [3.05, 3.63) is 64.7 Å². The minimum atomic E-state index is -0.736. The standard InChI is InChI=1S/C30H40N2O5/c1-9-36-24-14-13-21(18-23(24)30(4,5)6)27(33)25-26(20-11-10-12-22(17-20)37-19(2)3)32(16-15-31(7)8)29(35)28(25)34/h10-14,17-19,26,33H,9,15-16H2,1-8H3/b27-25+. The highest BCUT2D eigenvalue weighted by molar-refractivity contribution is 6.46. The fourth-order valence-corrected chi connectivity index (χ4v) is 4.50. The van der Waals surface area contributed by atoms with Gasteiger partial charge in [-0.05, 0) is 76.2 Å². The zero-order valence-electron chi connectivity index (χ0n) is 23.3. The topological polar surface area (TPSA) is 79.3 Å². The molecule has 1 saturated heterocycles. The molecule has 200 valence electrons. The number of aliphatic hydroxyl groups is 1. The summed E-state index contributed by atoms with van der Waals surface area (Å²) in [7, 11) is 3.83. The van der Waals surface area contributed by atoms with Crippen LogP contribution in [0.2, 0.25) is 0 Å². The fourth-order valence-electron chi connectivity index (χ4n) is 4.50. The van der Waals surface area contributed by atoms with E-state index >= 15 is 0 Å². The number of carbonyl (C=O) groups excluding carboxylic acids is 2. The summed E-state index contributed by atoms with van der Waals surface area (Å²) >= 11 is 0. The van der Waals surface area contributed by atoms with Crippen molar-refractivity contribution in [2.45, 2.75) is 59.1 Å². The van der Waals surface area contributed by atoms with Crippen molar-refractivity contribution < 1.29 is 24.2 Å². The first kappa shape index (κ1) is 28.3. The molecule has 0 aliphatic carbocycles. The van der Waals surface area contributed by atoms with Crippen LogP contribution >= 0.6 is 0 Å². The Morgan fingerprint density at radius 2 is 1.81 bits per heavy atom. The average molecular weight is 509 g/mol. The van der Waals surface area contributed by atoms with Gasteiger partial charge < -0.3 is 24.4 Å². The number of likely N-dealkylation sites (tertiary alicyclic amines) is 1. The highest BCUT2D eigenvalue weighted by atomic mass is 16.5. The second kappa shape index (κ2) is 11.4. The number of hydrogen-bond donors (Lipinski definition) is 1. The third-order valence-corrected chi connectivity index (χ3v) is 6.23. The van der Waals surface area contributed by atoms with E-state index in [1.54, 1.807) is 11.0 Å². The second-order valence-electron chi connectivity index (χ2n) is 10.9. The van der Waals surface area contributed by atoms with Gasteiger partial charge in [0.1, 0.15) is 17.3 Å². The number of hydrogen-bond acceptors (Lipinski definition) is 6. The molecular formula is C30H40N2O5. The van der Waals surface area contributed by atoms with E-state index in [0.29, 0.717) is 36.6 Å². The van der Waals surface area contributed by atoms with Crippen molar-refractivity contribution in [2.24, 2.45) is 0 Å². The normalized spacial score (nSPS) is 17.7. The van der Waals surface area contributed by atoms with Crippen molar-refractivity contribution in [1.29, 1.82) is 0 Å². The molecule has 37 heavy (non-hydrogen) atoms. The lowest BCUT2D eigenvalue weighted by Gasteiger charge is -2.27. The smallest absolute Gasteiger partial charge is 0.295 e. The summed E-state index contributed by atoms with van der Waals surface area (Å²) in [5, 5.41) is 11.6. The van der Waals surface area contributed by atoms with Crippen LogP contribution in [0.4, 0.5) is 0 Å². The first-order valence-corrected chi connectivity index (χ1v) is 12.8. The van der Waals surface area contributed by atoms with E-state index in [9.17, 15) is 14.7 Å². The summed E-state index contributed by atoms with van der Waals surface area (Å²) in [5.74, 6) is -0.137. The molecule has 1 aliphatic rings. The molecule has 2 aromatic carbocycles. The number of rotatable bonds is 9. The Hall–Kier alpha value is -3.32. The number of Topliss-reactive ketones (excluding diaryl/α,β-unsaturated/α-hetero) is 1. The Morgan fingerprint density at radius 3 is 2.41 bits per heavy atom. The van der Waals surface area contributed by atoms with E-state index in [1.165, 1.54) is 0 Å². The Balaban J connectivity index is 2.20. The summed E-state index contributed by atoms with van der Waals surface area (Å²) in [6.45, 7) is 13.4. The molecule has 0 spiro atoms. The van der Waals surface area contributed by atoms with E-state index in [4.69, 9.17) is 9.47 Å². The number of aliphatic hydroxyl groups excluding tert-OH is 1.